The lowest BCUT2D eigenvalue weighted by molar-refractivity contribution is 0.0753. The third-order valence-electron chi connectivity index (χ3n) is 5.99. The van der Waals surface area contributed by atoms with Gasteiger partial charge in [-0.1, -0.05) is 36.4 Å². The number of rotatable bonds is 8. The highest BCUT2D eigenvalue weighted by Gasteiger charge is 2.26. The second-order valence-corrected chi connectivity index (χ2v) is 8.40. The summed E-state index contributed by atoms with van der Waals surface area (Å²) in [5.41, 5.74) is 1.56. The summed E-state index contributed by atoms with van der Waals surface area (Å²) < 4.78 is 21.2. The molecule has 0 spiro atoms. The van der Waals surface area contributed by atoms with Crippen LogP contribution in [0.1, 0.15) is 34.0 Å². The fourth-order valence-electron chi connectivity index (χ4n) is 4.08. The molecule has 1 amide bonds. The molecule has 34 heavy (non-hydrogen) atoms. The summed E-state index contributed by atoms with van der Waals surface area (Å²) in [5.74, 6) is 0.255. The molecule has 1 aliphatic heterocycles. The van der Waals surface area contributed by atoms with Gasteiger partial charge in [0.2, 0.25) is 5.56 Å². The lowest BCUT2D eigenvalue weighted by Crippen LogP contribution is -2.33. The highest BCUT2D eigenvalue weighted by Crippen LogP contribution is 2.27. The van der Waals surface area contributed by atoms with Crippen molar-refractivity contribution in [2.24, 2.45) is 0 Å². The summed E-state index contributed by atoms with van der Waals surface area (Å²) in [6.45, 7) is 1.81. The van der Waals surface area contributed by atoms with Gasteiger partial charge in [-0.05, 0) is 31.3 Å². The molecule has 178 valence electrons. The Balaban J connectivity index is 1.51. The quantitative estimate of drug-likeness (QED) is 0.535. The van der Waals surface area contributed by atoms with Gasteiger partial charge < -0.3 is 24.8 Å². The van der Waals surface area contributed by atoms with Gasteiger partial charge in [-0.15, -0.1) is 0 Å². The molecule has 1 aliphatic rings. The SMILES string of the molecule is CNCCC(Oc1ccc(CN2CCN(C)c3[nH]c(=O)ccc3C2=O)c(F)c1)c1ccccc1. The number of hydrogen-bond donors (Lipinski definition) is 2. The highest BCUT2D eigenvalue weighted by atomic mass is 19.1. The van der Waals surface area contributed by atoms with Crippen molar-refractivity contribution in [1.82, 2.24) is 15.2 Å². The van der Waals surface area contributed by atoms with Crippen molar-refractivity contribution >= 4 is 11.7 Å². The maximum absolute atomic E-state index is 15.1. The number of nitrogens with zero attached hydrogens (tertiary/aromatic N) is 2. The molecule has 0 saturated heterocycles. The fourth-order valence-corrected chi connectivity index (χ4v) is 4.08. The zero-order chi connectivity index (χ0) is 24.1. The van der Waals surface area contributed by atoms with Crippen molar-refractivity contribution in [3.8, 4) is 5.75 Å². The van der Waals surface area contributed by atoms with E-state index in [1.54, 1.807) is 17.0 Å². The van der Waals surface area contributed by atoms with E-state index in [2.05, 4.69) is 10.3 Å². The Hall–Kier alpha value is -3.65. The predicted octanol–water partition coefficient (Wildman–Crippen LogP) is 3.34. The second kappa shape index (κ2) is 10.5. The van der Waals surface area contributed by atoms with E-state index in [4.69, 9.17) is 4.74 Å². The standard InChI is InChI=1S/C26H29FN4O3/c1-28-13-12-23(18-6-4-3-5-7-18)34-20-9-8-19(22(27)16-20)17-31-15-14-30(2)25-21(26(31)33)10-11-24(32)29-25/h3-11,16,23,28H,12-15,17H2,1-2H3,(H,29,32). The van der Waals surface area contributed by atoms with E-state index < -0.39 is 5.82 Å². The summed E-state index contributed by atoms with van der Waals surface area (Å²) >= 11 is 0. The van der Waals surface area contributed by atoms with Crippen molar-refractivity contribution in [1.29, 1.82) is 0 Å². The van der Waals surface area contributed by atoms with Gasteiger partial charge in [0.1, 0.15) is 23.5 Å². The zero-order valence-electron chi connectivity index (χ0n) is 19.4. The molecule has 8 heteroatoms. The van der Waals surface area contributed by atoms with E-state index in [1.165, 1.54) is 18.2 Å². The van der Waals surface area contributed by atoms with Crippen LogP contribution in [-0.2, 0) is 6.54 Å². The van der Waals surface area contributed by atoms with Crippen molar-refractivity contribution in [2.45, 2.75) is 19.1 Å². The first kappa shape index (κ1) is 23.5. The molecule has 0 saturated carbocycles. The van der Waals surface area contributed by atoms with Crippen LogP contribution >= 0.6 is 0 Å². The van der Waals surface area contributed by atoms with Crippen molar-refractivity contribution in [3.63, 3.8) is 0 Å². The minimum atomic E-state index is -0.426. The number of benzene rings is 2. The molecular formula is C26H29FN4O3. The van der Waals surface area contributed by atoms with Crippen LogP contribution in [0.15, 0.2) is 65.5 Å². The van der Waals surface area contributed by atoms with E-state index in [9.17, 15) is 9.59 Å². The third-order valence-corrected chi connectivity index (χ3v) is 5.99. The first-order valence-corrected chi connectivity index (χ1v) is 11.3. The molecule has 1 unspecified atom stereocenters. The molecule has 1 aromatic heterocycles. The maximum atomic E-state index is 15.1. The maximum Gasteiger partial charge on any atom is 0.257 e. The number of nitrogens with one attached hydrogen (secondary N) is 2. The Morgan fingerprint density at radius 2 is 1.88 bits per heavy atom. The van der Waals surface area contributed by atoms with E-state index in [0.717, 1.165) is 18.5 Å². The number of H-pyrrole nitrogens is 1. The van der Waals surface area contributed by atoms with E-state index in [0.29, 0.717) is 35.8 Å². The first-order valence-electron chi connectivity index (χ1n) is 11.3. The van der Waals surface area contributed by atoms with Gasteiger partial charge in [-0.25, -0.2) is 4.39 Å². The van der Waals surface area contributed by atoms with Crippen LogP contribution in [0.4, 0.5) is 10.2 Å². The molecule has 7 nitrogen and oxygen atoms in total. The Morgan fingerprint density at radius 1 is 1.09 bits per heavy atom. The second-order valence-electron chi connectivity index (χ2n) is 8.40. The number of aromatic nitrogens is 1. The largest absolute Gasteiger partial charge is 0.486 e. The highest BCUT2D eigenvalue weighted by molar-refractivity contribution is 5.99. The van der Waals surface area contributed by atoms with Crippen LogP contribution in [0.3, 0.4) is 0 Å². The Bertz CT molecular complexity index is 1200. The zero-order valence-corrected chi connectivity index (χ0v) is 19.4. The summed E-state index contributed by atoms with van der Waals surface area (Å²) in [6, 6.07) is 17.5. The molecule has 0 radical (unpaired) electrons. The van der Waals surface area contributed by atoms with Gasteiger partial charge in [-0.2, -0.15) is 0 Å². The van der Waals surface area contributed by atoms with E-state index in [-0.39, 0.29) is 24.1 Å². The molecule has 0 fully saturated rings. The van der Waals surface area contributed by atoms with E-state index >= 15 is 4.39 Å². The van der Waals surface area contributed by atoms with Crippen LogP contribution in [0.5, 0.6) is 5.75 Å². The number of likely N-dealkylation sites (N-methyl/N-ethyl adjacent to an activating group) is 1. The number of hydrogen-bond acceptors (Lipinski definition) is 5. The number of fused-ring (bicyclic) bond motifs is 1. The number of amides is 1. The minimum Gasteiger partial charge on any atom is -0.486 e. The van der Waals surface area contributed by atoms with Gasteiger partial charge in [0.05, 0.1) is 5.56 Å². The molecule has 2 heterocycles. The number of carbonyl (C=O) groups excluding carboxylic acids is 1. The first-order chi connectivity index (χ1) is 16.5. The molecule has 3 aromatic rings. The molecule has 0 aliphatic carbocycles. The average molecular weight is 465 g/mol. The molecular weight excluding hydrogens is 435 g/mol. The third kappa shape index (κ3) is 5.28. The fraction of sp³-hybridized carbons (Fsp3) is 0.308. The number of pyridine rings is 1. The molecule has 4 rings (SSSR count). The van der Waals surface area contributed by atoms with Crippen LogP contribution in [0.2, 0.25) is 0 Å². The van der Waals surface area contributed by atoms with Gasteiger partial charge >= 0.3 is 0 Å². The number of anilines is 1. The minimum absolute atomic E-state index is 0.124. The van der Waals surface area contributed by atoms with E-state index in [1.807, 2.05) is 49.3 Å². The number of ether oxygens (including phenoxy) is 1. The van der Waals surface area contributed by atoms with Gasteiger partial charge in [0, 0.05) is 50.8 Å². The Labute approximate surface area is 198 Å². The monoisotopic (exact) mass is 464 g/mol. The van der Waals surface area contributed by atoms with Gasteiger partial charge in [0.15, 0.2) is 0 Å². The molecule has 2 N–H and O–H groups in total. The average Bonchev–Trinajstić information content (AvgIpc) is 2.95. The lowest BCUT2D eigenvalue weighted by atomic mass is 10.1. The number of aromatic amines is 1. The molecule has 0 bridgehead atoms. The number of halogens is 1. The molecule has 2 aromatic carbocycles. The van der Waals surface area contributed by atoms with Crippen LogP contribution < -0.4 is 20.5 Å². The topological polar surface area (TPSA) is 77.7 Å². The smallest absolute Gasteiger partial charge is 0.257 e. The predicted molar refractivity (Wildman–Crippen MR) is 130 cm³/mol. The molecule has 1 atom stereocenters. The lowest BCUT2D eigenvalue weighted by Gasteiger charge is -2.22. The normalized spacial score (nSPS) is 14.5. The summed E-state index contributed by atoms with van der Waals surface area (Å²) in [4.78, 5) is 31.0. The van der Waals surface area contributed by atoms with Gasteiger partial charge in [-0.3, -0.25) is 9.59 Å². The van der Waals surface area contributed by atoms with Crippen LogP contribution in [-0.4, -0.2) is 49.5 Å². The Kier molecular flexibility index (Phi) is 7.27. The van der Waals surface area contributed by atoms with Crippen molar-refractivity contribution in [2.75, 3.05) is 38.6 Å². The van der Waals surface area contributed by atoms with Crippen molar-refractivity contribution in [3.05, 3.63) is 93.5 Å². The van der Waals surface area contributed by atoms with Gasteiger partial charge in [0.25, 0.3) is 5.91 Å². The van der Waals surface area contributed by atoms with Crippen molar-refractivity contribution < 1.29 is 13.9 Å². The summed E-state index contributed by atoms with van der Waals surface area (Å²) in [7, 11) is 3.70. The summed E-state index contributed by atoms with van der Waals surface area (Å²) in [6.07, 6.45) is 0.529. The Morgan fingerprint density at radius 3 is 2.62 bits per heavy atom. The number of carbonyl (C=O) groups is 1. The summed E-state index contributed by atoms with van der Waals surface area (Å²) in [5, 5.41) is 3.13. The van der Waals surface area contributed by atoms with Crippen LogP contribution in [0.25, 0.3) is 0 Å². The van der Waals surface area contributed by atoms with Crippen LogP contribution in [0, 0.1) is 5.82 Å².